The first kappa shape index (κ1) is 19.2. The summed E-state index contributed by atoms with van der Waals surface area (Å²) in [6.45, 7) is 1.08. The first-order valence-electron chi connectivity index (χ1n) is 6.47. The number of azo groups is 1. The number of rotatable bonds is 0. The molecule has 1 aromatic rings. The van der Waals surface area contributed by atoms with E-state index in [9.17, 15) is 4.79 Å². The van der Waals surface area contributed by atoms with Crippen molar-refractivity contribution in [2.24, 2.45) is 15.2 Å². The zero-order valence-electron chi connectivity index (χ0n) is 11.6. The third-order valence-corrected chi connectivity index (χ3v) is 2.07. The SMILES string of the molecule is C.C1=CCC=C1.C1=CN=NC1.O=C1CN=CN1.c1ccoc1. The molecule has 6 nitrogen and oxygen atoms in total. The Morgan fingerprint density at radius 1 is 1.09 bits per heavy atom. The second-order valence-electron chi connectivity index (χ2n) is 3.75. The first-order valence-corrected chi connectivity index (χ1v) is 6.47. The molecule has 3 heterocycles. The molecule has 0 radical (unpaired) electrons. The zero-order valence-corrected chi connectivity index (χ0v) is 11.6. The Balaban J connectivity index is 0.000000264. The lowest BCUT2D eigenvalue weighted by molar-refractivity contribution is -0.117. The predicted octanol–water partition coefficient (Wildman–Crippen LogP) is 3.53. The van der Waals surface area contributed by atoms with Gasteiger partial charge in [-0.3, -0.25) is 9.79 Å². The second kappa shape index (κ2) is 14.6. The fourth-order valence-corrected chi connectivity index (χ4v) is 1.15. The number of carbonyl (C=O) groups excluding carboxylic acids is 1. The molecule has 0 atom stereocenters. The summed E-state index contributed by atoms with van der Waals surface area (Å²) in [5, 5.41) is 9.51. The largest absolute Gasteiger partial charge is 0.473 e. The molecule has 0 aromatic carbocycles. The summed E-state index contributed by atoms with van der Waals surface area (Å²) in [6, 6.07) is 3.67. The highest BCUT2D eigenvalue weighted by Crippen LogP contribution is 1.93. The van der Waals surface area contributed by atoms with Crippen LogP contribution >= 0.6 is 0 Å². The molecule has 1 amide bonds. The van der Waals surface area contributed by atoms with E-state index in [1.807, 2.05) is 18.2 Å². The molecule has 22 heavy (non-hydrogen) atoms. The summed E-state index contributed by atoms with van der Waals surface area (Å²) in [6.07, 6.45) is 17.8. The topological polar surface area (TPSA) is 79.3 Å². The van der Waals surface area contributed by atoms with Gasteiger partial charge in [-0.1, -0.05) is 31.7 Å². The van der Waals surface area contributed by atoms with Crippen LogP contribution in [0.25, 0.3) is 0 Å². The number of hydrogen-bond acceptors (Lipinski definition) is 5. The van der Waals surface area contributed by atoms with Crippen LogP contribution in [-0.4, -0.2) is 25.3 Å². The highest BCUT2D eigenvalue weighted by atomic mass is 16.3. The van der Waals surface area contributed by atoms with Crippen LogP contribution in [0.4, 0.5) is 0 Å². The van der Waals surface area contributed by atoms with Crippen molar-refractivity contribution in [2.75, 3.05) is 13.1 Å². The van der Waals surface area contributed by atoms with Gasteiger partial charge in [0.05, 0.1) is 25.4 Å². The third-order valence-electron chi connectivity index (χ3n) is 2.07. The summed E-state index contributed by atoms with van der Waals surface area (Å²) in [7, 11) is 0. The van der Waals surface area contributed by atoms with Crippen molar-refractivity contribution in [1.29, 1.82) is 0 Å². The maximum atomic E-state index is 10.0. The molecule has 1 N–H and O–H groups in total. The normalized spacial score (nSPS) is 14.8. The van der Waals surface area contributed by atoms with E-state index in [0.717, 1.165) is 13.0 Å². The summed E-state index contributed by atoms with van der Waals surface area (Å²) < 4.78 is 4.58. The van der Waals surface area contributed by atoms with Crippen molar-refractivity contribution in [2.45, 2.75) is 13.8 Å². The molecule has 0 saturated heterocycles. The van der Waals surface area contributed by atoms with Gasteiger partial charge >= 0.3 is 0 Å². The van der Waals surface area contributed by atoms with Crippen molar-refractivity contribution in [3.05, 3.63) is 61.2 Å². The number of carbonyl (C=O) groups is 1. The molecule has 0 unspecified atom stereocenters. The lowest BCUT2D eigenvalue weighted by atomic mass is 10.5. The van der Waals surface area contributed by atoms with Crippen LogP contribution in [0.3, 0.4) is 0 Å². The van der Waals surface area contributed by atoms with Crippen LogP contribution in [0.15, 0.2) is 80.9 Å². The van der Waals surface area contributed by atoms with Gasteiger partial charge in [0.25, 0.3) is 0 Å². The summed E-state index contributed by atoms with van der Waals surface area (Å²) in [4.78, 5) is 13.6. The lowest BCUT2D eigenvalue weighted by Crippen LogP contribution is -2.15. The van der Waals surface area contributed by atoms with E-state index in [0.29, 0.717) is 6.54 Å². The molecule has 118 valence electrons. The van der Waals surface area contributed by atoms with Gasteiger partial charge in [-0.05, 0) is 24.6 Å². The van der Waals surface area contributed by atoms with E-state index in [1.54, 1.807) is 18.7 Å². The Bertz CT molecular complexity index is 445. The number of hydrogen-bond donors (Lipinski definition) is 1. The average Bonchev–Trinajstić information content (AvgIpc) is 3.28. The van der Waals surface area contributed by atoms with Gasteiger partial charge in [0.2, 0.25) is 5.91 Å². The number of aliphatic imine (C=N–C) groups is 1. The van der Waals surface area contributed by atoms with Crippen molar-refractivity contribution in [3.8, 4) is 0 Å². The van der Waals surface area contributed by atoms with Gasteiger partial charge in [0.15, 0.2) is 0 Å². The van der Waals surface area contributed by atoms with Crippen LogP contribution in [0, 0.1) is 0 Å². The smallest absolute Gasteiger partial charge is 0.246 e. The fourth-order valence-electron chi connectivity index (χ4n) is 1.15. The van der Waals surface area contributed by atoms with Gasteiger partial charge in [-0.15, -0.1) is 0 Å². The lowest BCUT2D eigenvalue weighted by Gasteiger charge is -1.76. The van der Waals surface area contributed by atoms with Gasteiger partial charge in [-0.25, -0.2) is 0 Å². The summed E-state index contributed by atoms with van der Waals surface area (Å²) in [5.41, 5.74) is 0. The van der Waals surface area contributed by atoms with Crippen LogP contribution in [0.1, 0.15) is 13.8 Å². The molecule has 6 heteroatoms. The minimum Gasteiger partial charge on any atom is -0.473 e. The molecule has 0 bridgehead atoms. The summed E-state index contributed by atoms with van der Waals surface area (Å²) >= 11 is 0. The molecule has 4 rings (SSSR count). The quantitative estimate of drug-likeness (QED) is 0.795. The van der Waals surface area contributed by atoms with E-state index in [4.69, 9.17) is 0 Å². The molecule has 1 aliphatic carbocycles. The number of nitrogens with one attached hydrogen (secondary N) is 1. The van der Waals surface area contributed by atoms with E-state index < -0.39 is 0 Å². The van der Waals surface area contributed by atoms with Crippen LogP contribution in [-0.2, 0) is 4.79 Å². The molecule has 0 saturated carbocycles. The highest BCUT2D eigenvalue weighted by molar-refractivity contribution is 5.93. The van der Waals surface area contributed by atoms with E-state index in [1.165, 1.54) is 6.34 Å². The van der Waals surface area contributed by atoms with Gasteiger partial charge in [0, 0.05) is 6.20 Å². The van der Waals surface area contributed by atoms with Gasteiger partial charge in [0.1, 0.15) is 6.54 Å². The molecule has 0 spiro atoms. The van der Waals surface area contributed by atoms with E-state index >= 15 is 0 Å². The Hall–Kier alpha value is -2.76. The van der Waals surface area contributed by atoms with Crippen molar-refractivity contribution in [3.63, 3.8) is 0 Å². The molecule has 0 fully saturated rings. The molecular weight excluding hydrogens is 280 g/mol. The van der Waals surface area contributed by atoms with E-state index in [2.05, 4.69) is 49.3 Å². The fraction of sp³-hybridized carbons (Fsp3) is 0.250. The Labute approximate surface area is 131 Å². The third kappa shape index (κ3) is 12.3. The zero-order chi connectivity index (χ0) is 15.0. The number of amides is 1. The number of nitrogens with zero attached hydrogens (tertiary/aromatic N) is 3. The Morgan fingerprint density at radius 3 is 2.00 bits per heavy atom. The van der Waals surface area contributed by atoms with Crippen molar-refractivity contribution in [1.82, 2.24) is 5.32 Å². The van der Waals surface area contributed by atoms with Gasteiger partial charge < -0.3 is 9.73 Å². The van der Waals surface area contributed by atoms with Crippen molar-refractivity contribution >= 4 is 12.2 Å². The minimum atomic E-state index is -0.0185. The van der Waals surface area contributed by atoms with Crippen LogP contribution < -0.4 is 5.32 Å². The monoisotopic (exact) mass is 302 g/mol. The second-order valence-corrected chi connectivity index (χ2v) is 3.75. The van der Waals surface area contributed by atoms with Crippen molar-refractivity contribution < 1.29 is 9.21 Å². The molecular formula is C16H22N4O2. The van der Waals surface area contributed by atoms with Gasteiger partial charge in [-0.2, -0.15) is 10.2 Å². The van der Waals surface area contributed by atoms with Crippen LogP contribution in [0.5, 0.6) is 0 Å². The highest BCUT2D eigenvalue weighted by Gasteiger charge is 1.98. The number of furan rings is 1. The first-order chi connectivity index (χ1) is 10.4. The van der Waals surface area contributed by atoms with E-state index in [-0.39, 0.29) is 13.3 Å². The summed E-state index contributed by atoms with van der Waals surface area (Å²) in [5.74, 6) is -0.0185. The molecule has 1 aromatic heterocycles. The average molecular weight is 302 g/mol. The molecule has 2 aliphatic heterocycles. The maximum absolute atomic E-state index is 10.0. The molecule has 3 aliphatic rings. The Kier molecular flexibility index (Phi) is 12.8. The maximum Gasteiger partial charge on any atom is 0.246 e. The standard InChI is InChI=1S/C5H6.C4H4O.C3H4N2O.C3H4N2.CH4/c2*1-2-4-5-3-1;6-3-1-4-2-5-3;1-2-4-5-3-1;/h1-4H,5H2;1-4H;2H,1H2,(H,4,5,6);1-2H,3H2;1H4. The Morgan fingerprint density at radius 2 is 1.82 bits per heavy atom. The number of allylic oxidation sites excluding steroid dienone is 4. The minimum absolute atomic E-state index is 0. The van der Waals surface area contributed by atoms with Crippen LogP contribution in [0.2, 0.25) is 0 Å². The predicted molar refractivity (Wildman–Crippen MR) is 88.7 cm³/mol.